The molecule has 63 heavy (non-hydrogen) atoms. The fourth-order valence-corrected chi connectivity index (χ4v) is 8.34. The van der Waals surface area contributed by atoms with Gasteiger partial charge in [0.1, 0.15) is 24.4 Å². The Balaban J connectivity index is 1.87. The smallest absolute Gasteiger partial charge is 0.408 e. The Morgan fingerprint density at radius 3 is 1.63 bits per heavy atom. The second kappa shape index (κ2) is 25.9. The van der Waals surface area contributed by atoms with Gasteiger partial charge in [0.05, 0.1) is 12.6 Å². The van der Waals surface area contributed by atoms with Crippen LogP contribution in [0.2, 0.25) is 0 Å². The van der Waals surface area contributed by atoms with Crippen molar-refractivity contribution in [1.82, 2.24) is 10.6 Å². The number of nitrogens with one attached hydrogen (secondary N) is 2. The third-order valence-electron chi connectivity index (χ3n) is 11.1. The summed E-state index contributed by atoms with van der Waals surface area (Å²) < 4.78 is 51.8. The molecule has 0 aromatic rings. The first kappa shape index (κ1) is 53.2. The van der Waals surface area contributed by atoms with Gasteiger partial charge in [0, 0.05) is 40.2 Å². The number of ether oxygens (including phenoxy) is 9. The summed E-state index contributed by atoms with van der Waals surface area (Å²) in [6, 6.07) is -1.29. The number of alkyl carbamates (subject to hydrolysis) is 2. The van der Waals surface area contributed by atoms with Crippen LogP contribution in [0.15, 0.2) is 0 Å². The molecule has 0 unspecified atom stereocenters. The van der Waals surface area contributed by atoms with Crippen LogP contribution in [0.1, 0.15) is 165 Å². The fraction of sp³-hybridized carbons (Fsp3) is 0.844. The van der Waals surface area contributed by atoms with E-state index in [2.05, 4.69) is 17.6 Å². The van der Waals surface area contributed by atoms with Crippen LogP contribution in [0.5, 0.6) is 0 Å². The first-order valence-electron chi connectivity index (χ1n) is 22.8. The van der Waals surface area contributed by atoms with Crippen LogP contribution in [-0.4, -0.2) is 115 Å². The molecule has 0 radical (unpaired) electrons. The Morgan fingerprint density at radius 2 is 1.16 bits per heavy atom. The topological polar surface area (TPSA) is 227 Å². The Kier molecular flexibility index (Phi) is 21.9. The molecule has 3 saturated carbocycles. The van der Waals surface area contributed by atoms with Gasteiger partial charge < -0.3 is 53.3 Å². The maximum absolute atomic E-state index is 13.4. The minimum atomic E-state index is -1.64. The Labute approximate surface area is 372 Å². The largest absolute Gasteiger partial charge is 0.459 e. The van der Waals surface area contributed by atoms with Gasteiger partial charge in [-0.3, -0.25) is 24.0 Å². The number of carbonyl (C=O) groups is 7. The van der Waals surface area contributed by atoms with E-state index < -0.39 is 110 Å². The van der Waals surface area contributed by atoms with Crippen molar-refractivity contribution < 1.29 is 76.2 Å². The summed E-state index contributed by atoms with van der Waals surface area (Å²) in [7, 11) is 0. The van der Waals surface area contributed by atoms with Crippen molar-refractivity contribution in [3.63, 3.8) is 0 Å². The third kappa shape index (κ3) is 19.2. The van der Waals surface area contributed by atoms with Gasteiger partial charge in [0.25, 0.3) is 0 Å². The van der Waals surface area contributed by atoms with Crippen molar-refractivity contribution in [3.8, 4) is 0 Å². The molecule has 2 bridgehead atoms. The summed E-state index contributed by atoms with van der Waals surface area (Å²) in [5.74, 6) is -3.31. The van der Waals surface area contributed by atoms with Crippen molar-refractivity contribution in [2.75, 3.05) is 13.2 Å². The number of hydrogen-bond acceptors (Lipinski definition) is 16. The van der Waals surface area contributed by atoms with E-state index in [0.717, 1.165) is 65.7 Å². The summed E-state index contributed by atoms with van der Waals surface area (Å²) in [4.78, 5) is 89.0. The van der Waals surface area contributed by atoms with E-state index in [9.17, 15) is 33.6 Å². The molecular formula is C45H74N2O16. The van der Waals surface area contributed by atoms with E-state index in [1.54, 1.807) is 20.8 Å². The van der Waals surface area contributed by atoms with Crippen LogP contribution in [-0.2, 0) is 66.6 Å². The van der Waals surface area contributed by atoms with Crippen molar-refractivity contribution in [1.29, 1.82) is 0 Å². The van der Waals surface area contributed by atoms with Gasteiger partial charge >= 0.3 is 42.0 Å². The molecule has 4 fully saturated rings. The second-order valence-electron chi connectivity index (χ2n) is 18.2. The quantitative estimate of drug-likeness (QED) is 0.0500. The first-order chi connectivity index (χ1) is 29.7. The van der Waals surface area contributed by atoms with Gasteiger partial charge in [-0.05, 0) is 58.8 Å². The Morgan fingerprint density at radius 1 is 0.651 bits per heavy atom. The molecule has 1 heterocycles. The molecule has 18 nitrogen and oxygen atoms in total. The fourth-order valence-electron chi connectivity index (χ4n) is 8.34. The van der Waals surface area contributed by atoms with Gasteiger partial charge in [0.2, 0.25) is 0 Å². The molecule has 0 spiro atoms. The van der Waals surface area contributed by atoms with Crippen LogP contribution < -0.4 is 10.6 Å². The third-order valence-corrected chi connectivity index (χ3v) is 11.1. The molecule has 0 aromatic carbocycles. The highest BCUT2D eigenvalue weighted by Crippen LogP contribution is 2.56. The minimum absolute atomic E-state index is 0.263. The monoisotopic (exact) mass is 899 g/mol. The Bertz CT molecular complexity index is 1500. The maximum atomic E-state index is 13.4. The van der Waals surface area contributed by atoms with Crippen molar-refractivity contribution in [2.24, 2.45) is 5.92 Å². The molecule has 8 atom stereocenters. The number of hydrogen-bond donors (Lipinski definition) is 2. The molecule has 18 heteroatoms. The molecule has 1 aliphatic heterocycles. The molecule has 3 aliphatic carbocycles. The molecule has 360 valence electrons. The first-order valence-corrected chi connectivity index (χ1v) is 22.8. The van der Waals surface area contributed by atoms with Crippen molar-refractivity contribution in [3.05, 3.63) is 0 Å². The van der Waals surface area contributed by atoms with Gasteiger partial charge in [-0.2, -0.15) is 0 Å². The highest BCUT2D eigenvalue weighted by atomic mass is 16.7. The highest BCUT2D eigenvalue weighted by Gasteiger charge is 2.58. The predicted molar refractivity (Wildman–Crippen MR) is 226 cm³/mol. The van der Waals surface area contributed by atoms with Crippen LogP contribution in [0.3, 0.4) is 0 Å². The van der Waals surface area contributed by atoms with E-state index in [1.165, 1.54) is 58.8 Å². The van der Waals surface area contributed by atoms with E-state index in [1.807, 2.05) is 0 Å². The molecular weight excluding hydrogens is 824 g/mol. The second-order valence-corrected chi connectivity index (χ2v) is 18.2. The highest BCUT2D eigenvalue weighted by molar-refractivity contribution is 5.71. The van der Waals surface area contributed by atoms with Crippen molar-refractivity contribution >= 4 is 42.0 Å². The lowest BCUT2D eigenvalue weighted by atomic mass is 9.50. The van der Waals surface area contributed by atoms with Crippen LogP contribution in [0.4, 0.5) is 9.59 Å². The van der Waals surface area contributed by atoms with E-state index in [0.29, 0.717) is 12.3 Å². The van der Waals surface area contributed by atoms with Gasteiger partial charge in [-0.25, -0.2) is 9.59 Å². The number of amides is 2. The molecule has 2 N–H and O–H groups in total. The standard InChI is InChI=1S/C45H74N2O16/c1-10-11-12-13-14-15-16-17-18-19-20-21-22-35(57-28(2)48)37(58-29(3)49)34(46-42(53)63-44(7,8)9)26-55-41-40(61-32(6)52)39(60-31(5)51)38(59-30(4)50)36(62-41)27-56-43(54)47-45-23-33(24-45)25-45/h33-41H,10-27H2,1-9H3,(H,46,53)(H,47,54)/t33?,34-,35+,36+,37-,38+,39-,40+,41-,45?/m0/s1. The predicted octanol–water partition coefficient (Wildman–Crippen LogP) is 6.65. The Hall–Kier alpha value is -4.19. The van der Waals surface area contributed by atoms with E-state index in [-0.39, 0.29) is 12.0 Å². The number of carbonyl (C=O) groups excluding carboxylic acids is 7. The van der Waals surface area contributed by atoms with Crippen LogP contribution in [0.25, 0.3) is 0 Å². The molecule has 4 rings (SSSR count). The molecule has 0 aromatic heterocycles. The zero-order valence-electron chi connectivity index (χ0n) is 39.0. The van der Waals surface area contributed by atoms with E-state index >= 15 is 0 Å². The van der Waals surface area contributed by atoms with E-state index in [4.69, 9.17) is 42.6 Å². The summed E-state index contributed by atoms with van der Waals surface area (Å²) in [6.45, 7) is 11.8. The summed E-state index contributed by atoms with van der Waals surface area (Å²) in [5.41, 5.74) is -1.27. The van der Waals surface area contributed by atoms with Gasteiger partial charge in [-0.15, -0.1) is 0 Å². The number of esters is 5. The van der Waals surface area contributed by atoms with Gasteiger partial charge in [-0.1, -0.05) is 77.6 Å². The SMILES string of the molecule is CCCCCCCCCCCCCC[C@@H](OC(C)=O)[C@@H](OC(C)=O)[C@H](CO[C@H]1O[C@H](COC(=O)NC23CC(C2)C3)[C@@H](OC(C)=O)[C@H](OC(C)=O)[C@H]1OC(C)=O)NC(=O)OC(C)(C)C. The zero-order chi connectivity index (χ0) is 46.7. The molecule has 2 amide bonds. The zero-order valence-corrected chi connectivity index (χ0v) is 39.0. The number of rotatable bonds is 27. The average molecular weight is 899 g/mol. The summed E-state index contributed by atoms with van der Waals surface area (Å²) in [5, 5.41) is 5.56. The summed E-state index contributed by atoms with van der Waals surface area (Å²) >= 11 is 0. The lowest BCUT2D eigenvalue weighted by molar-refractivity contribution is -0.309. The van der Waals surface area contributed by atoms with Gasteiger partial charge in [0.15, 0.2) is 30.7 Å². The minimum Gasteiger partial charge on any atom is -0.459 e. The average Bonchev–Trinajstić information content (AvgIpc) is 3.13. The van der Waals surface area contributed by atoms with Crippen LogP contribution >= 0.6 is 0 Å². The number of unbranched alkanes of at least 4 members (excludes halogenated alkanes) is 11. The normalized spacial score (nSPS) is 25.0. The summed E-state index contributed by atoms with van der Waals surface area (Å²) in [6.07, 6.45) is 4.42. The maximum Gasteiger partial charge on any atom is 0.408 e. The molecule has 4 aliphatic rings. The molecule has 1 saturated heterocycles. The lowest BCUT2D eigenvalue weighted by Gasteiger charge is -2.61. The van der Waals surface area contributed by atoms with Crippen LogP contribution in [0, 0.1) is 5.92 Å². The van der Waals surface area contributed by atoms with Crippen molar-refractivity contribution in [2.45, 2.75) is 225 Å². The lowest BCUT2D eigenvalue weighted by Crippen LogP contribution is -2.68.